The highest BCUT2D eigenvalue weighted by atomic mass is 79.9. The minimum atomic E-state index is -0.0392. The molecule has 0 aliphatic carbocycles. The second-order valence-corrected chi connectivity index (χ2v) is 5.26. The molecule has 0 fully saturated rings. The lowest BCUT2D eigenvalue weighted by Crippen LogP contribution is -2.34. The van der Waals surface area contributed by atoms with Gasteiger partial charge in [-0.05, 0) is 47.0 Å². The van der Waals surface area contributed by atoms with Crippen molar-refractivity contribution in [3.8, 4) is 0 Å². The average molecular weight is 319 g/mol. The third-order valence-electron chi connectivity index (χ3n) is 2.65. The Balaban J connectivity index is 2.72. The van der Waals surface area contributed by atoms with Gasteiger partial charge in [-0.15, -0.1) is 0 Å². The zero-order valence-corrected chi connectivity index (χ0v) is 12.4. The number of carbonyl (C=O) groups is 1. The summed E-state index contributed by atoms with van der Waals surface area (Å²) >= 11 is 9.21. The molecular weight excluding hydrogens is 302 g/mol. The molecule has 1 atom stereocenters. The summed E-state index contributed by atoms with van der Waals surface area (Å²) in [5.74, 6) is -0.0392. The fourth-order valence-corrected chi connectivity index (χ4v) is 2.13. The molecule has 0 saturated carbocycles. The fourth-order valence-electron chi connectivity index (χ4n) is 1.63. The lowest BCUT2D eigenvalue weighted by atomic mass is 10.1. The van der Waals surface area contributed by atoms with Crippen LogP contribution in [0.25, 0.3) is 0 Å². The number of hydrogen-bond acceptors (Lipinski definition) is 1. The Bertz CT molecular complexity index is 395. The SMILES string of the molecule is CCCC(CC)NC(=O)c1ccc(Cl)c(Br)c1. The van der Waals surface area contributed by atoms with Crippen molar-refractivity contribution >= 4 is 33.4 Å². The number of amides is 1. The quantitative estimate of drug-likeness (QED) is 0.856. The second kappa shape index (κ2) is 7.02. The number of halogens is 2. The molecule has 17 heavy (non-hydrogen) atoms. The summed E-state index contributed by atoms with van der Waals surface area (Å²) in [5, 5.41) is 3.64. The van der Waals surface area contributed by atoms with Crippen LogP contribution in [0.1, 0.15) is 43.5 Å². The molecule has 1 amide bonds. The normalized spacial score (nSPS) is 12.2. The summed E-state index contributed by atoms with van der Waals surface area (Å²) in [6.07, 6.45) is 3.04. The molecule has 1 unspecified atom stereocenters. The van der Waals surface area contributed by atoms with Crippen molar-refractivity contribution < 1.29 is 4.79 Å². The number of benzene rings is 1. The van der Waals surface area contributed by atoms with Crippen molar-refractivity contribution in [2.24, 2.45) is 0 Å². The second-order valence-electron chi connectivity index (χ2n) is 4.00. The molecule has 0 aliphatic heterocycles. The van der Waals surface area contributed by atoms with E-state index in [1.807, 2.05) is 0 Å². The maximum atomic E-state index is 12.0. The highest BCUT2D eigenvalue weighted by Crippen LogP contribution is 2.23. The zero-order chi connectivity index (χ0) is 12.8. The standard InChI is InChI=1S/C13H17BrClNO/c1-3-5-10(4-2)16-13(17)9-6-7-12(15)11(14)8-9/h6-8,10H,3-5H2,1-2H3,(H,16,17). The van der Waals surface area contributed by atoms with Gasteiger partial charge in [-0.2, -0.15) is 0 Å². The van der Waals surface area contributed by atoms with E-state index in [1.54, 1.807) is 18.2 Å². The van der Waals surface area contributed by atoms with E-state index in [9.17, 15) is 4.79 Å². The van der Waals surface area contributed by atoms with Gasteiger partial charge in [0.15, 0.2) is 0 Å². The molecule has 0 heterocycles. The van der Waals surface area contributed by atoms with Gasteiger partial charge in [-0.1, -0.05) is 31.9 Å². The van der Waals surface area contributed by atoms with E-state index in [1.165, 1.54) is 0 Å². The van der Waals surface area contributed by atoms with Crippen LogP contribution < -0.4 is 5.32 Å². The molecule has 0 spiro atoms. The van der Waals surface area contributed by atoms with E-state index >= 15 is 0 Å². The van der Waals surface area contributed by atoms with Crippen LogP contribution in [0.5, 0.6) is 0 Å². The van der Waals surface area contributed by atoms with Gasteiger partial charge in [-0.25, -0.2) is 0 Å². The summed E-state index contributed by atoms with van der Waals surface area (Å²) in [7, 11) is 0. The van der Waals surface area contributed by atoms with E-state index in [4.69, 9.17) is 11.6 Å². The Morgan fingerprint density at radius 1 is 1.47 bits per heavy atom. The van der Waals surface area contributed by atoms with Crippen LogP contribution in [0.2, 0.25) is 5.02 Å². The first-order valence-electron chi connectivity index (χ1n) is 5.84. The van der Waals surface area contributed by atoms with Gasteiger partial charge in [0, 0.05) is 16.1 Å². The van der Waals surface area contributed by atoms with Crippen molar-refractivity contribution in [3.05, 3.63) is 33.3 Å². The Labute approximate surface area is 116 Å². The smallest absolute Gasteiger partial charge is 0.251 e. The first kappa shape index (κ1) is 14.5. The van der Waals surface area contributed by atoms with Crippen LogP contribution in [-0.2, 0) is 0 Å². The van der Waals surface area contributed by atoms with Crippen LogP contribution >= 0.6 is 27.5 Å². The molecule has 0 radical (unpaired) electrons. The molecule has 0 saturated heterocycles. The molecule has 0 aliphatic rings. The van der Waals surface area contributed by atoms with Gasteiger partial charge in [0.25, 0.3) is 5.91 Å². The molecule has 94 valence electrons. The zero-order valence-electron chi connectivity index (χ0n) is 10.1. The fraction of sp³-hybridized carbons (Fsp3) is 0.462. The summed E-state index contributed by atoms with van der Waals surface area (Å²) in [6, 6.07) is 5.46. The van der Waals surface area contributed by atoms with Crippen molar-refractivity contribution in [3.63, 3.8) is 0 Å². The van der Waals surface area contributed by atoms with Crippen LogP contribution in [0, 0.1) is 0 Å². The van der Waals surface area contributed by atoms with Crippen LogP contribution in [0.4, 0.5) is 0 Å². The van der Waals surface area contributed by atoms with Crippen molar-refractivity contribution in [1.82, 2.24) is 5.32 Å². The van der Waals surface area contributed by atoms with Crippen LogP contribution in [-0.4, -0.2) is 11.9 Å². The minimum absolute atomic E-state index is 0.0392. The molecule has 2 nitrogen and oxygen atoms in total. The molecule has 1 rings (SSSR count). The van der Waals surface area contributed by atoms with Gasteiger partial charge in [0.2, 0.25) is 0 Å². The number of carbonyl (C=O) groups excluding carboxylic acids is 1. The highest BCUT2D eigenvalue weighted by molar-refractivity contribution is 9.10. The summed E-state index contributed by atoms with van der Waals surface area (Å²) in [4.78, 5) is 12.0. The Kier molecular flexibility index (Phi) is 6.00. The lowest BCUT2D eigenvalue weighted by molar-refractivity contribution is 0.0933. The maximum Gasteiger partial charge on any atom is 0.251 e. The summed E-state index contributed by atoms with van der Waals surface area (Å²) < 4.78 is 0.746. The Hall–Kier alpha value is -0.540. The largest absolute Gasteiger partial charge is 0.349 e. The molecule has 1 aromatic carbocycles. The van der Waals surface area contributed by atoms with Crippen molar-refractivity contribution in [1.29, 1.82) is 0 Å². The van der Waals surface area contributed by atoms with Crippen molar-refractivity contribution in [2.45, 2.75) is 39.2 Å². The molecule has 0 aromatic heterocycles. The third-order valence-corrected chi connectivity index (χ3v) is 3.86. The van der Waals surface area contributed by atoms with E-state index in [0.717, 1.165) is 23.7 Å². The number of rotatable bonds is 5. The van der Waals surface area contributed by atoms with E-state index in [-0.39, 0.29) is 11.9 Å². The lowest BCUT2D eigenvalue weighted by Gasteiger charge is -2.16. The monoisotopic (exact) mass is 317 g/mol. The summed E-state index contributed by atoms with van der Waals surface area (Å²) in [5.41, 5.74) is 0.635. The molecular formula is C13H17BrClNO. The average Bonchev–Trinajstić information content (AvgIpc) is 2.31. The van der Waals surface area contributed by atoms with Crippen molar-refractivity contribution in [2.75, 3.05) is 0 Å². The van der Waals surface area contributed by atoms with E-state index in [0.29, 0.717) is 10.6 Å². The third kappa shape index (κ3) is 4.32. The summed E-state index contributed by atoms with van der Waals surface area (Å²) in [6.45, 7) is 4.20. The Morgan fingerprint density at radius 2 is 2.18 bits per heavy atom. The van der Waals surface area contributed by atoms with Crippen LogP contribution in [0.15, 0.2) is 22.7 Å². The molecule has 0 bridgehead atoms. The van der Waals surface area contributed by atoms with Gasteiger partial charge in [0.05, 0.1) is 5.02 Å². The molecule has 1 aromatic rings. The predicted molar refractivity (Wildman–Crippen MR) is 75.6 cm³/mol. The predicted octanol–water partition coefficient (Wildman–Crippen LogP) is 4.41. The molecule has 4 heteroatoms. The van der Waals surface area contributed by atoms with Gasteiger partial charge in [0.1, 0.15) is 0 Å². The number of hydrogen-bond donors (Lipinski definition) is 1. The number of nitrogens with one attached hydrogen (secondary N) is 1. The van der Waals surface area contributed by atoms with E-state index < -0.39 is 0 Å². The topological polar surface area (TPSA) is 29.1 Å². The first-order chi connectivity index (χ1) is 8.08. The highest BCUT2D eigenvalue weighted by Gasteiger charge is 2.12. The first-order valence-corrected chi connectivity index (χ1v) is 7.01. The minimum Gasteiger partial charge on any atom is -0.349 e. The van der Waals surface area contributed by atoms with Crippen LogP contribution in [0.3, 0.4) is 0 Å². The Morgan fingerprint density at radius 3 is 2.71 bits per heavy atom. The van der Waals surface area contributed by atoms with Gasteiger partial charge >= 0.3 is 0 Å². The molecule has 1 N–H and O–H groups in total. The van der Waals surface area contributed by atoms with Gasteiger partial charge < -0.3 is 5.32 Å². The van der Waals surface area contributed by atoms with Gasteiger partial charge in [-0.3, -0.25) is 4.79 Å². The van der Waals surface area contributed by atoms with E-state index in [2.05, 4.69) is 35.1 Å². The maximum absolute atomic E-state index is 12.0.